The van der Waals surface area contributed by atoms with Gasteiger partial charge in [0.2, 0.25) is 0 Å². The van der Waals surface area contributed by atoms with Crippen LogP contribution >= 0.6 is 0 Å². The van der Waals surface area contributed by atoms with Crippen molar-refractivity contribution in [2.45, 2.75) is 0 Å². The van der Waals surface area contributed by atoms with Gasteiger partial charge in [0.05, 0.1) is 5.36 Å². The molecular weight excluding hydrogens is 248 g/mol. The van der Waals surface area contributed by atoms with Crippen molar-refractivity contribution in [3.63, 3.8) is 0 Å². The van der Waals surface area contributed by atoms with Gasteiger partial charge in [-0.25, -0.2) is 0 Å². The molecular formula is C13H14N2O2S. The minimum Gasteiger partial charge on any atom is -0.189 e. The molecule has 0 amide bonds. The van der Waals surface area contributed by atoms with Crippen molar-refractivity contribution < 1.29 is 8.42 Å². The fourth-order valence-electron chi connectivity index (χ4n) is 1.50. The lowest BCUT2D eigenvalue weighted by Gasteiger charge is -2.04. The van der Waals surface area contributed by atoms with Crippen LogP contribution in [0.25, 0.3) is 10.8 Å². The average molecular weight is 262 g/mol. The van der Waals surface area contributed by atoms with Crippen LogP contribution in [0.15, 0.2) is 52.9 Å². The zero-order valence-electron chi connectivity index (χ0n) is 10.2. The molecule has 0 N–H and O–H groups in total. The van der Waals surface area contributed by atoms with E-state index in [9.17, 15) is 8.42 Å². The highest BCUT2D eigenvalue weighted by Gasteiger charge is 2.09. The van der Waals surface area contributed by atoms with Gasteiger partial charge in [-0.2, -0.15) is 17.1 Å². The molecule has 0 aliphatic heterocycles. The van der Waals surface area contributed by atoms with E-state index in [1.807, 2.05) is 36.4 Å². The van der Waals surface area contributed by atoms with Crippen LogP contribution in [0.5, 0.6) is 0 Å². The lowest BCUT2D eigenvalue weighted by molar-refractivity contribution is 0.521. The molecule has 94 valence electrons. The Balaban J connectivity index is 2.65. The van der Waals surface area contributed by atoms with Crippen LogP contribution in [0.4, 0.5) is 0 Å². The van der Waals surface area contributed by atoms with Crippen LogP contribution in [0.2, 0.25) is 0 Å². The van der Waals surface area contributed by atoms with E-state index in [0.717, 1.165) is 15.1 Å². The molecule has 2 rings (SSSR count). The van der Waals surface area contributed by atoms with Crippen LogP contribution in [-0.2, 0) is 10.2 Å². The molecule has 0 aliphatic rings. The molecule has 0 fully saturated rings. The molecule has 0 saturated carbocycles. The normalized spacial score (nSPS) is 11.7. The lowest BCUT2D eigenvalue weighted by atomic mass is 10.2. The molecule has 0 aromatic heterocycles. The first-order chi connectivity index (χ1) is 8.49. The smallest absolute Gasteiger partial charge is 0.189 e. The highest BCUT2D eigenvalue weighted by molar-refractivity contribution is 7.87. The van der Waals surface area contributed by atoms with Crippen molar-refractivity contribution in [3.8, 4) is 0 Å². The molecule has 0 unspecified atom stereocenters. The van der Waals surface area contributed by atoms with Crippen molar-refractivity contribution in [2.75, 3.05) is 14.1 Å². The first-order valence-corrected chi connectivity index (χ1v) is 6.86. The van der Waals surface area contributed by atoms with Crippen molar-refractivity contribution in [2.24, 2.45) is 4.40 Å². The Hall–Kier alpha value is -1.72. The topological polar surface area (TPSA) is 49.7 Å². The van der Waals surface area contributed by atoms with Gasteiger partial charge in [0.25, 0.3) is 0 Å². The van der Waals surface area contributed by atoms with Crippen LogP contribution in [-0.4, -0.2) is 26.8 Å². The number of benzene rings is 1. The Labute approximate surface area is 106 Å². The average Bonchev–Trinajstić information content (AvgIpc) is 2.52. The molecule has 0 radical (unpaired) electrons. The van der Waals surface area contributed by atoms with Crippen LogP contribution in [0.1, 0.15) is 0 Å². The lowest BCUT2D eigenvalue weighted by Crippen LogP contribution is -2.22. The van der Waals surface area contributed by atoms with E-state index in [2.05, 4.69) is 4.40 Å². The molecule has 18 heavy (non-hydrogen) atoms. The molecule has 2 aromatic carbocycles. The molecule has 0 bridgehead atoms. The molecule has 2 aromatic rings. The standard InChI is InChI=1S/C13H14N2O2S/c1-15(2)18(16,17)14-13-9-7-11-5-3-4-6-12(11)8-10-13/h3-10H,1-2H3. The van der Waals surface area contributed by atoms with Crippen molar-refractivity contribution in [1.82, 2.24) is 4.31 Å². The summed E-state index contributed by atoms with van der Waals surface area (Å²) in [7, 11) is -0.669. The van der Waals surface area contributed by atoms with E-state index in [1.165, 1.54) is 14.1 Å². The van der Waals surface area contributed by atoms with Gasteiger partial charge in [-0.15, -0.1) is 0 Å². The summed E-state index contributed by atoms with van der Waals surface area (Å²) in [6, 6.07) is 14.9. The molecule has 0 heterocycles. The zero-order chi connectivity index (χ0) is 13.2. The van der Waals surface area contributed by atoms with Gasteiger partial charge in [0, 0.05) is 14.1 Å². The van der Waals surface area contributed by atoms with Gasteiger partial charge in [0.1, 0.15) is 0 Å². The van der Waals surface area contributed by atoms with Gasteiger partial charge < -0.3 is 0 Å². The summed E-state index contributed by atoms with van der Waals surface area (Å²) in [6.45, 7) is 0. The second-order valence-corrected chi connectivity index (χ2v) is 5.88. The van der Waals surface area contributed by atoms with Crippen molar-refractivity contribution in [3.05, 3.63) is 53.9 Å². The third-order valence-corrected chi connectivity index (χ3v) is 3.91. The van der Waals surface area contributed by atoms with E-state index >= 15 is 0 Å². The number of rotatable bonds is 2. The second-order valence-electron chi connectivity index (χ2n) is 4.07. The predicted molar refractivity (Wildman–Crippen MR) is 72.1 cm³/mol. The molecule has 0 saturated heterocycles. The van der Waals surface area contributed by atoms with Crippen LogP contribution < -0.4 is 5.36 Å². The number of hydrogen-bond donors (Lipinski definition) is 0. The van der Waals surface area contributed by atoms with Gasteiger partial charge in [-0.1, -0.05) is 36.4 Å². The van der Waals surface area contributed by atoms with Crippen molar-refractivity contribution >= 4 is 21.0 Å². The largest absolute Gasteiger partial charge is 0.322 e. The Bertz CT molecular complexity index is 696. The minimum atomic E-state index is -3.58. The van der Waals surface area contributed by atoms with E-state index in [-0.39, 0.29) is 0 Å². The molecule has 0 aliphatic carbocycles. The van der Waals surface area contributed by atoms with Gasteiger partial charge in [-0.05, 0) is 22.9 Å². The summed E-state index contributed by atoms with van der Waals surface area (Å²) < 4.78 is 28.1. The third kappa shape index (κ3) is 2.75. The van der Waals surface area contributed by atoms with Gasteiger partial charge >= 0.3 is 10.2 Å². The quantitative estimate of drug-likeness (QED) is 0.824. The van der Waals surface area contributed by atoms with Crippen LogP contribution in [0, 0.1) is 0 Å². The summed E-state index contributed by atoms with van der Waals surface area (Å²) in [4.78, 5) is 0. The first kappa shape index (κ1) is 12.7. The SMILES string of the molecule is CN(C)S(=O)(=O)N=c1ccc2ccccc2cc1. The Morgan fingerprint density at radius 1 is 0.889 bits per heavy atom. The van der Waals surface area contributed by atoms with E-state index in [0.29, 0.717) is 5.36 Å². The molecule has 0 atom stereocenters. The molecule has 5 heteroatoms. The fraction of sp³-hybridized carbons (Fsp3) is 0.154. The Kier molecular flexibility index (Phi) is 3.45. The summed E-state index contributed by atoms with van der Waals surface area (Å²) in [5.41, 5.74) is 0. The number of nitrogens with zero attached hydrogens (tertiary/aromatic N) is 2. The molecule has 0 spiro atoms. The summed E-state index contributed by atoms with van der Waals surface area (Å²) in [5.74, 6) is 0. The maximum Gasteiger partial charge on any atom is 0.322 e. The highest BCUT2D eigenvalue weighted by Crippen LogP contribution is 2.09. The minimum absolute atomic E-state index is 0.417. The zero-order valence-corrected chi connectivity index (χ0v) is 11.1. The Morgan fingerprint density at radius 2 is 1.39 bits per heavy atom. The predicted octanol–water partition coefficient (Wildman–Crippen LogP) is 1.55. The molecule has 4 nitrogen and oxygen atoms in total. The first-order valence-electron chi connectivity index (χ1n) is 5.47. The summed E-state index contributed by atoms with van der Waals surface area (Å²) >= 11 is 0. The summed E-state index contributed by atoms with van der Waals surface area (Å²) in [5, 5.41) is 2.50. The maximum absolute atomic E-state index is 11.7. The third-order valence-electron chi connectivity index (χ3n) is 2.55. The monoisotopic (exact) mass is 262 g/mol. The summed E-state index contributed by atoms with van der Waals surface area (Å²) in [6.07, 6.45) is 0. The van der Waals surface area contributed by atoms with E-state index in [1.54, 1.807) is 12.1 Å². The number of fused-ring (bicyclic) bond motifs is 1. The van der Waals surface area contributed by atoms with Crippen LogP contribution in [0.3, 0.4) is 0 Å². The van der Waals surface area contributed by atoms with E-state index < -0.39 is 10.2 Å². The van der Waals surface area contributed by atoms with Gasteiger partial charge in [0.15, 0.2) is 0 Å². The van der Waals surface area contributed by atoms with Gasteiger partial charge in [-0.3, -0.25) is 0 Å². The van der Waals surface area contributed by atoms with E-state index in [4.69, 9.17) is 0 Å². The maximum atomic E-state index is 11.7. The Morgan fingerprint density at radius 3 is 1.83 bits per heavy atom. The number of hydrogen-bond acceptors (Lipinski definition) is 2. The fourth-order valence-corrected chi connectivity index (χ4v) is 2.05. The van der Waals surface area contributed by atoms with Crippen molar-refractivity contribution in [1.29, 1.82) is 0 Å². The second kappa shape index (κ2) is 4.88. The highest BCUT2D eigenvalue weighted by atomic mass is 32.2.